The summed E-state index contributed by atoms with van der Waals surface area (Å²) in [5, 5.41) is 3.95. The van der Waals surface area contributed by atoms with E-state index in [4.69, 9.17) is 4.74 Å². The molecule has 0 saturated carbocycles. The molecule has 5 rings (SSSR count). The van der Waals surface area contributed by atoms with Crippen molar-refractivity contribution >= 4 is 28.4 Å². The molecule has 3 aromatic heterocycles. The highest BCUT2D eigenvalue weighted by Crippen LogP contribution is 2.37. The first kappa shape index (κ1) is 30.5. The molecule has 0 spiro atoms. The number of H-pyrrole nitrogens is 1. The number of ether oxygens (including phenoxy) is 1. The van der Waals surface area contributed by atoms with Crippen LogP contribution in [0, 0.1) is 0 Å². The summed E-state index contributed by atoms with van der Waals surface area (Å²) in [6, 6.07) is 20.9. The summed E-state index contributed by atoms with van der Waals surface area (Å²) in [5.41, 5.74) is 5.59. The normalized spacial score (nSPS) is 11.2. The Bertz CT molecular complexity index is 1790. The molecule has 8 nitrogen and oxygen atoms in total. The van der Waals surface area contributed by atoms with Crippen LogP contribution in [-0.2, 0) is 6.61 Å². The lowest BCUT2D eigenvalue weighted by atomic mass is 9.92. The summed E-state index contributed by atoms with van der Waals surface area (Å²) >= 11 is 0. The number of carbonyl (C=O) groups excluding carboxylic acids is 1. The van der Waals surface area contributed by atoms with Crippen molar-refractivity contribution in [3.8, 4) is 16.9 Å². The number of nitrogens with zero attached hydrogens (tertiary/aromatic N) is 3. The third-order valence-electron chi connectivity index (χ3n) is 7.61. The topological polar surface area (TPSA) is 100 Å². The summed E-state index contributed by atoms with van der Waals surface area (Å²) in [4.78, 5) is 41.1. The summed E-state index contributed by atoms with van der Waals surface area (Å²) in [6.07, 6.45) is 5.75. The first-order valence-electron chi connectivity index (χ1n) is 15.1. The molecule has 0 aliphatic rings. The fraction of sp³-hybridized carbons (Fsp3) is 0.278. The number of aromatic nitrogens is 3. The van der Waals surface area contributed by atoms with Gasteiger partial charge in [0, 0.05) is 41.8 Å². The van der Waals surface area contributed by atoms with Crippen LogP contribution in [0.1, 0.15) is 69.6 Å². The van der Waals surface area contributed by atoms with Gasteiger partial charge in [0.2, 0.25) is 0 Å². The number of hydrogen-bond acceptors (Lipinski definition) is 5. The molecule has 0 radical (unpaired) electrons. The van der Waals surface area contributed by atoms with E-state index in [9.17, 15) is 9.59 Å². The van der Waals surface area contributed by atoms with Crippen molar-refractivity contribution in [2.45, 2.75) is 59.5 Å². The second-order valence-corrected chi connectivity index (χ2v) is 11.5. The van der Waals surface area contributed by atoms with Crippen molar-refractivity contribution in [3.63, 3.8) is 0 Å². The van der Waals surface area contributed by atoms with Crippen LogP contribution in [0.5, 0.6) is 5.75 Å². The molecule has 0 bridgehead atoms. The molecule has 0 aliphatic heterocycles. The highest BCUT2D eigenvalue weighted by Gasteiger charge is 2.27. The Balaban J connectivity index is 1.63. The van der Waals surface area contributed by atoms with E-state index in [1.165, 1.54) is 0 Å². The van der Waals surface area contributed by atoms with E-state index in [0.717, 1.165) is 33.3 Å². The molecule has 0 saturated heterocycles. The predicted octanol–water partition coefficient (Wildman–Crippen LogP) is 8.26. The third kappa shape index (κ3) is 6.49. The Morgan fingerprint density at radius 3 is 2.32 bits per heavy atom. The Morgan fingerprint density at radius 1 is 0.932 bits per heavy atom. The van der Waals surface area contributed by atoms with Crippen molar-refractivity contribution < 1.29 is 9.53 Å². The molecule has 5 aromatic rings. The Hall–Kier alpha value is -4.98. The number of fused-ring (bicyclic) bond motifs is 1. The molecule has 0 fully saturated rings. The average molecular weight is 590 g/mol. The number of urea groups is 1. The summed E-state index contributed by atoms with van der Waals surface area (Å²) in [6.45, 7) is 11.2. The zero-order valence-corrected chi connectivity index (χ0v) is 25.9. The third-order valence-corrected chi connectivity index (χ3v) is 7.61. The van der Waals surface area contributed by atoms with E-state index in [1.54, 1.807) is 23.5 Å². The molecule has 0 unspecified atom stereocenters. The molecule has 44 heavy (non-hydrogen) atoms. The Morgan fingerprint density at radius 2 is 1.64 bits per heavy atom. The molecule has 2 amide bonds. The lowest BCUT2D eigenvalue weighted by Gasteiger charge is -2.27. The van der Waals surface area contributed by atoms with Gasteiger partial charge in [0.05, 0.1) is 0 Å². The minimum Gasteiger partial charge on any atom is -0.489 e. The fourth-order valence-electron chi connectivity index (χ4n) is 5.46. The van der Waals surface area contributed by atoms with Crippen LogP contribution in [0.2, 0.25) is 0 Å². The van der Waals surface area contributed by atoms with Crippen LogP contribution in [0.15, 0.2) is 90.1 Å². The van der Waals surface area contributed by atoms with Crippen molar-refractivity contribution in [1.82, 2.24) is 15.0 Å². The monoisotopic (exact) mass is 589 g/mol. The maximum atomic E-state index is 14.3. The number of pyridine rings is 3. The minimum atomic E-state index is -0.390. The van der Waals surface area contributed by atoms with Crippen molar-refractivity contribution in [1.29, 1.82) is 0 Å². The number of rotatable bonds is 10. The van der Waals surface area contributed by atoms with Gasteiger partial charge in [-0.2, -0.15) is 0 Å². The number of aromatic amines is 1. The number of anilines is 2. The van der Waals surface area contributed by atoms with E-state index < -0.39 is 0 Å². The molecule has 0 atom stereocenters. The van der Waals surface area contributed by atoms with E-state index in [2.05, 4.69) is 48.0 Å². The van der Waals surface area contributed by atoms with Crippen molar-refractivity contribution in [3.05, 3.63) is 112 Å². The van der Waals surface area contributed by atoms with Gasteiger partial charge in [-0.1, -0.05) is 65.0 Å². The smallest absolute Gasteiger partial charge is 0.326 e. The highest BCUT2D eigenvalue weighted by molar-refractivity contribution is 6.09. The zero-order chi connectivity index (χ0) is 31.2. The average Bonchev–Trinajstić information content (AvgIpc) is 3.02. The van der Waals surface area contributed by atoms with Gasteiger partial charge in [0.1, 0.15) is 23.7 Å². The second-order valence-electron chi connectivity index (χ2n) is 11.5. The van der Waals surface area contributed by atoms with Crippen LogP contribution in [0.3, 0.4) is 0 Å². The van der Waals surface area contributed by atoms with Gasteiger partial charge < -0.3 is 15.0 Å². The molecule has 8 heteroatoms. The van der Waals surface area contributed by atoms with Gasteiger partial charge in [-0.15, -0.1) is 0 Å². The van der Waals surface area contributed by atoms with E-state index in [1.807, 2.05) is 73.7 Å². The first-order valence-corrected chi connectivity index (χ1v) is 15.1. The number of nitrogens with one attached hydrogen (secondary N) is 2. The predicted molar refractivity (Wildman–Crippen MR) is 178 cm³/mol. The molecule has 0 aliphatic carbocycles. The summed E-state index contributed by atoms with van der Waals surface area (Å²) < 4.78 is 6.12. The quantitative estimate of drug-likeness (QED) is 0.171. The van der Waals surface area contributed by atoms with Crippen LogP contribution >= 0.6 is 0 Å². The molecular weight excluding hydrogens is 550 g/mol. The van der Waals surface area contributed by atoms with Gasteiger partial charge in [-0.05, 0) is 76.9 Å². The van der Waals surface area contributed by atoms with Crippen LogP contribution in [0.25, 0.3) is 22.2 Å². The number of benzene rings is 2. The van der Waals surface area contributed by atoms with Crippen molar-refractivity contribution in [2.75, 3.05) is 16.8 Å². The summed E-state index contributed by atoms with van der Waals surface area (Å²) in [7, 11) is 0. The Labute approximate surface area is 258 Å². The maximum Gasteiger partial charge on any atom is 0.326 e. The molecular formula is C36H39N5O3. The number of amides is 2. The summed E-state index contributed by atoms with van der Waals surface area (Å²) in [5.74, 6) is 1.04. The standard InChI is InChI=1S/C36H39N5O3/c1-6-20-41(36(43)39-32-28(23(2)3)12-8-13-29(32)24(4)5)33-31(30-14-9-17-38-34(30)40-35(33)42)26-10-7-11-27(21-26)44-22-25-15-18-37-19-16-25/h7-19,21,23-24H,6,20,22H2,1-5H3,(H,39,43)(H,38,40,42). The van der Waals surface area contributed by atoms with Crippen LogP contribution in [0.4, 0.5) is 16.2 Å². The van der Waals surface area contributed by atoms with E-state index in [0.29, 0.717) is 36.5 Å². The SMILES string of the molecule is CCCN(C(=O)Nc1c(C(C)C)cccc1C(C)C)c1c(-c2cccc(OCc3ccncc3)c2)c2cccnc2[nH]c1=O. The maximum absolute atomic E-state index is 14.3. The first-order chi connectivity index (χ1) is 21.3. The lowest BCUT2D eigenvalue weighted by Crippen LogP contribution is -2.40. The van der Waals surface area contributed by atoms with Gasteiger partial charge >= 0.3 is 6.03 Å². The highest BCUT2D eigenvalue weighted by atomic mass is 16.5. The molecule has 226 valence electrons. The Kier molecular flexibility index (Phi) is 9.38. The molecule has 2 N–H and O–H groups in total. The van der Waals surface area contributed by atoms with Gasteiger partial charge in [-0.3, -0.25) is 14.7 Å². The number of para-hydroxylation sites is 1. The largest absolute Gasteiger partial charge is 0.489 e. The lowest BCUT2D eigenvalue weighted by molar-refractivity contribution is 0.257. The molecule has 3 heterocycles. The van der Waals surface area contributed by atoms with Gasteiger partial charge in [-0.25, -0.2) is 9.78 Å². The van der Waals surface area contributed by atoms with Crippen molar-refractivity contribution in [2.24, 2.45) is 0 Å². The van der Waals surface area contributed by atoms with Gasteiger partial charge in [0.15, 0.2) is 0 Å². The second kappa shape index (κ2) is 13.5. The van der Waals surface area contributed by atoms with E-state index in [-0.39, 0.29) is 29.1 Å². The van der Waals surface area contributed by atoms with Gasteiger partial charge in [0.25, 0.3) is 5.56 Å². The minimum absolute atomic E-state index is 0.198. The number of hydrogen-bond donors (Lipinski definition) is 2. The number of carbonyl (C=O) groups is 1. The van der Waals surface area contributed by atoms with E-state index >= 15 is 0 Å². The zero-order valence-electron chi connectivity index (χ0n) is 25.9. The van der Waals surface area contributed by atoms with Crippen LogP contribution < -0.4 is 20.5 Å². The van der Waals surface area contributed by atoms with Crippen LogP contribution in [-0.4, -0.2) is 27.5 Å². The molecule has 2 aromatic carbocycles. The fourth-order valence-corrected chi connectivity index (χ4v) is 5.46.